The lowest BCUT2D eigenvalue weighted by molar-refractivity contribution is -0.384. The quantitative estimate of drug-likeness (QED) is 0.272. The van der Waals surface area contributed by atoms with Crippen LogP contribution in [0.3, 0.4) is 0 Å². The number of benzene rings is 2. The van der Waals surface area contributed by atoms with Crippen LogP contribution in [0.15, 0.2) is 76.9 Å². The van der Waals surface area contributed by atoms with E-state index in [1.165, 1.54) is 16.8 Å². The van der Waals surface area contributed by atoms with Gasteiger partial charge in [0.2, 0.25) is 0 Å². The van der Waals surface area contributed by atoms with Crippen molar-refractivity contribution in [1.82, 2.24) is 19.7 Å². The summed E-state index contributed by atoms with van der Waals surface area (Å²) in [4.78, 5) is 35.4. The van der Waals surface area contributed by atoms with E-state index in [1.54, 1.807) is 24.7 Å². The van der Waals surface area contributed by atoms with Gasteiger partial charge in [-0.1, -0.05) is 30.3 Å². The van der Waals surface area contributed by atoms with E-state index in [1.807, 2.05) is 37.3 Å². The summed E-state index contributed by atoms with van der Waals surface area (Å²) in [6, 6.07) is 15.3. The highest BCUT2D eigenvalue weighted by Gasteiger charge is 2.19. The molecule has 0 radical (unpaired) electrons. The SMILES string of the molecule is CC(=NCCc1cnc[nH]1)c1c(-c2ccccc2)[nH]n(-c2ccc([N+](=O)[O-])cc2)c1=O. The molecule has 0 saturated heterocycles. The van der Waals surface area contributed by atoms with Gasteiger partial charge in [-0.15, -0.1) is 0 Å². The highest BCUT2D eigenvalue weighted by Crippen LogP contribution is 2.22. The Bertz CT molecular complexity index is 1270. The van der Waals surface area contributed by atoms with Crippen LogP contribution in [-0.4, -0.2) is 36.9 Å². The number of aliphatic imine (C=N–C) groups is 1. The normalized spacial score (nSPS) is 11.6. The van der Waals surface area contributed by atoms with E-state index in [0.29, 0.717) is 35.6 Å². The van der Waals surface area contributed by atoms with Gasteiger partial charge in [-0.25, -0.2) is 9.67 Å². The van der Waals surface area contributed by atoms with Gasteiger partial charge in [0, 0.05) is 48.3 Å². The van der Waals surface area contributed by atoms with Gasteiger partial charge in [0.1, 0.15) is 0 Å². The number of imidazole rings is 1. The van der Waals surface area contributed by atoms with Gasteiger partial charge in [-0.05, 0) is 19.1 Å². The third kappa shape index (κ3) is 4.20. The topological polar surface area (TPSA) is 122 Å². The highest BCUT2D eigenvalue weighted by atomic mass is 16.6. The van der Waals surface area contributed by atoms with E-state index in [2.05, 4.69) is 20.1 Å². The van der Waals surface area contributed by atoms with Gasteiger partial charge in [0.25, 0.3) is 11.2 Å². The Balaban J connectivity index is 1.75. The van der Waals surface area contributed by atoms with E-state index < -0.39 is 4.92 Å². The molecule has 0 aliphatic rings. The van der Waals surface area contributed by atoms with Crippen LogP contribution < -0.4 is 5.56 Å². The molecular formula is C22H20N6O3. The number of aromatic nitrogens is 4. The molecule has 0 fully saturated rings. The summed E-state index contributed by atoms with van der Waals surface area (Å²) in [5.74, 6) is 0. The van der Waals surface area contributed by atoms with Crippen molar-refractivity contribution in [3.05, 3.63) is 98.8 Å². The van der Waals surface area contributed by atoms with Crippen LogP contribution in [0.25, 0.3) is 16.9 Å². The summed E-state index contributed by atoms with van der Waals surface area (Å²) in [5.41, 5.74) is 3.74. The fraction of sp³-hybridized carbons (Fsp3) is 0.136. The predicted molar refractivity (Wildman–Crippen MR) is 118 cm³/mol. The molecule has 2 aromatic heterocycles. The molecule has 0 saturated carbocycles. The molecule has 4 aromatic rings. The maximum absolute atomic E-state index is 13.3. The van der Waals surface area contributed by atoms with Gasteiger partial charge in [-0.2, -0.15) is 0 Å². The van der Waals surface area contributed by atoms with Crippen LogP contribution in [0.1, 0.15) is 18.2 Å². The van der Waals surface area contributed by atoms with Crippen LogP contribution in [0, 0.1) is 10.1 Å². The van der Waals surface area contributed by atoms with Gasteiger partial charge in [-0.3, -0.25) is 25.0 Å². The van der Waals surface area contributed by atoms with Crippen molar-refractivity contribution in [3.63, 3.8) is 0 Å². The van der Waals surface area contributed by atoms with Gasteiger partial charge in [0.15, 0.2) is 0 Å². The lowest BCUT2D eigenvalue weighted by Crippen LogP contribution is -2.20. The van der Waals surface area contributed by atoms with Gasteiger partial charge >= 0.3 is 0 Å². The number of nitro groups is 1. The second kappa shape index (κ2) is 8.62. The number of nitro benzene ring substituents is 1. The van der Waals surface area contributed by atoms with E-state index >= 15 is 0 Å². The minimum atomic E-state index is -0.474. The number of aromatic amines is 2. The Hall–Kier alpha value is -4.27. The Morgan fingerprint density at radius 2 is 1.90 bits per heavy atom. The average molecular weight is 416 g/mol. The van der Waals surface area contributed by atoms with Crippen molar-refractivity contribution >= 4 is 11.4 Å². The summed E-state index contributed by atoms with van der Waals surface area (Å²) in [7, 11) is 0. The Morgan fingerprint density at radius 3 is 2.55 bits per heavy atom. The first kappa shape index (κ1) is 20.0. The lowest BCUT2D eigenvalue weighted by atomic mass is 10.1. The largest absolute Gasteiger partial charge is 0.348 e. The van der Waals surface area contributed by atoms with Crippen LogP contribution in [0.4, 0.5) is 5.69 Å². The summed E-state index contributed by atoms with van der Waals surface area (Å²) < 4.78 is 1.38. The molecule has 0 bridgehead atoms. The summed E-state index contributed by atoms with van der Waals surface area (Å²) in [6.45, 7) is 2.31. The van der Waals surface area contributed by atoms with Crippen molar-refractivity contribution < 1.29 is 4.92 Å². The molecule has 0 spiro atoms. The van der Waals surface area contributed by atoms with Gasteiger partial charge < -0.3 is 4.98 Å². The van der Waals surface area contributed by atoms with E-state index in [9.17, 15) is 14.9 Å². The third-order valence-electron chi connectivity index (χ3n) is 4.92. The fourth-order valence-electron chi connectivity index (χ4n) is 3.34. The Kier molecular flexibility index (Phi) is 5.57. The smallest absolute Gasteiger partial charge is 0.280 e. The van der Waals surface area contributed by atoms with Crippen LogP contribution in [0.2, 0.25) is 0 Å². The summed E-state index contributed by atoms with van der Waals surface area (Å²) >= 11 is 0. The summed E-state index contributed by atoms with van der Waals surface area (Å²) in [6.07, 6.45) is 4.05. The number of nitrogens with zero attached hydrogens (tertiary/aromatic N) is 4. The zero-order valence-corrected chi connectivity index (χ0v) is 16.8. The molecule has 156 valence electrons. The number of non-ortho nitro benzene ring substituents is 1. The van der Waals surface area contributed by atoms with Crippen molar-refractivity contribution in [2.45, 2.75) is 13.3 Å². The average Bonchev–Trinajstić information content (AvgIpc) is 3.42. The lowest BCUT2D eigenvalue weighted by Gasteiger charge is -2.03. The first-order valence-corrected chi connectivity index (χ1v) is 9.68. The first-order chi connectivity index (χ1) is 15.0. The minimum Gasteiger partial charge on any atom is -0.348 e. The monoisotopic (exact) mass is 416 g/mol. The highest BCUT2D eigenvalue weighted by molar-refractivity contribution is 6.03. The van der Waals surface area contributed by atoms with Crippen molar-refractivity contribution in [2.24, 2.45) is 4.99 Å². The molecule has 0 unspecified atom stereocenters. The number of hydrogen-bond donors (Lipinski definition) is 2. The zero-order valence-electron chi connectivity index (χ0n) is 16.8. The van der Waals surface area contributed by atoms with Crippen molar-refractivity contribution in [2.75, 3.05) is 6.54 Å². The van der Waals surface area contributed by atoms with E-state index in [-0.39, 0.29) is 11.2 Å². The molecule has 2 aromatic carbocycles. The molecule has 31 heavy (non-hydrogen) atoms. The number of hydrogen-bond acceptors (Lipinski definition) is 5. The molecule has 0 atom stereocenters. The molecular weight excluding hydrogens is 396 g/mol. The molecule has 0 aliphatic carbocycles. The summed E-state index contributed by atoms with van der Waals surface area (Å²) in [5, 5.41) is 14.1. The second-order valence-corrected chi connectivity index (χ2v) is 6.94. The molecule has 9 heteroatoms. The Labute approximate surface area is 177 Å². The molecule has 0 aliphatic heterocycles. The molecule has 2 heterocycles. The molecule has 0 amide bonds. The second-order valence-electron chi connectivity index (χ2n) is 6.94. The van der Waals surface area contributed by atoms with E-state index in [4.69, 9.17) is 0 Å². The zero-order chi connectivity index (χ0) is 21.8. The molecule has 2 N–H and O–H groups in total. The van der Waals surface area contributed by atoms with Crippen molar-refractivity contribution in [1.29, 1.82) is 0 Å². The predicted octanol–water partition coefficient (Wildman–Crippen LogP) is 3.52. The van der Waals surface area contributed by atoms with Crippen LogP contribution >= 0.6 is 0 Å². The number of nitrogens with one attached hydrogen (secondary N) is 2. The molecule has 4 rings (SSSR count). The number of H-pyrrole nitrogens is 2. The van der Waals surface area contributed by atoms with E-state index in [0.717, 1.165) is 11.3 Å². The van der Waals surface area contributed by atoms with Crippen LogP contribution in [0.5, 0.6) is 0 Å². The van der Waals surface area contributed by atoms with Crippen LogP contribution in [-0.2, 0) is 6.42 Å². The van der Waals surface area contributed by atoms with Crippen molar-refractivity contribution in [3.8, 4) is 16.9 Å². The fourth-order valence-corrected chi connectivity index (χ4v) is 3.34. The van der Waals surface area contributed by atoms with Gasteiger partial charge in [0.05, 0.1) is 28.2 Å². The third-order valence-corrected chi connectivity index (χ3v) is 4.92. The standard InChI is InChI=1S/C22H20N6O3/c1-15(24-12-11-17-13-23-14-25-17)20-21(16-5-3-2-4-6-16)26-27(22(20)29)18-7-9-19(10-8-18)28(30)31/h2-10,13-14,26H,11-12H2,1H3,(H,23,25). The maximum Gasteiger partial charge on any atom is 0.280 e. The number of rotatable bonds is 7. The Morgan fingerprint density at radius 1 is 1.16 bits per heavy atom. The maximum atomic E-state index is 13.3. The molecule has 9 nitrogen and oxygen atoms in total. The first-order valence-electron chi connectivity index (χ1n) is 9.68. The minimum absolute atomic E-state index is 0.0385.